The molecule has 1 spiro atoms. The van der Waals surface area contributed by atoms with Crippen molar-refractivity contribution in [1.29, 1.82) is 0 Å². The van der Waals surface area contributed by atoms with E-state index in [4.69, 9.17) is 23.2 Å². The first-order valence-corrected chi connectivity index (χ1v) is 9.29. The Labute approximate surface area is 135 Å². The highest BCUT2D eigenvalue weighted by molar-refractivity contribution is 7.89. The molecular weight excluding hydrogens is 331 g/mol. The molecule has 0 atom stereocenters. The zero-order chi connectivity index (χ0) is 15.1. The average molecular weight is 349 g/mol. The minimum Gasteiger partial charge on any atom is -0.317 e. The van der Waals surface area contributed by atoms with E-state index in [1.165, 1.54) is 18.2 Å². The fourth-order valence-electron chi connectivity index (χ4n) is 3.25. The smallest absolute Gasteiger partial charge is 0.243 e. The minimum atomic E-state index is -3.48. The van der Waals surface area contributed by atoms with E-state index in [-0.39, 0.29) is 15.3 Å². The lowest BCUT2D eigenvalue weighted by Crippen LogP contribution is -2.39. The van der Waals surface area contributed by atoms with Crippen molar-refractivity contribution < 1.29 is 8.42 Å². The summed E-state index contributed by atoms with van der Waals surface area (Å²) in [6, 6.07) is 4.50. The highest BCUT2D eigenvalue weighted by Gasteiger charge is 2.43. The maximum atomic E-state index is 12.7. The van der Waals surface area contributed by atoms with Crippen LogP contribution in [-0.4, -0.2) is 38.9 Å². The van der Waals surface area contributed by atoms with Crippen LogP contribution in [0.4, 0.5) is 0 Å². The number of nitrogens with one attached hydrogen (secondary N) is 1. The van der Waals surface area contributed by atoms with Crippen molar-refractivity contribution in [3.63, 3.8) is 0 Å². The van der Waals surface area contributed by atoms with Crippen LogP contribution in [0.5, 0.6) is 0 Å². The largest absolute Gasteiger partial charge is 0.317 e. The molecule has 2 saturated heterocycles. The third-order valence-corrected chi connectivity index (χ3v) is 7.18. The zero-order valence-corrected chi connectivity index (χ0v) is 13.9. The van der Waals surface area contributed by atoms with E-state index in [9.17, 15) is 8.42 Å². The number of benzene rings is 1. The van der Waals surface area contributed by atoms with Gasteiger partial charge in [-0.05, 0) is 56.0 Å². The lowest BCUT2D eigenvalue weighted by molar-refractivity contribution is 0.218. The summed E-state index contributed by atoms with van der Waals surface area (Å²) in [6.45, 7) is 3.14. The van der Waals surface area contributed by atoms with Crippen molar-refractivity contribution in [3.05, 3.63) is 28.2 Å². The summed E-state index contributed by atoms with van der Waals surface area (Å²) in [7, 11) is -3.48. The van der Waals surface area contributed by atoms with Gasteiger partial charge in [-0.3, -0.25) is 0 Å². The average Bonchev–Trinajstić information content (AvgIpc) is 2.87. The SMILES string of the molecule is O=S(=O)(c1ccc(Cl)c(Cl)c1)N1CCC2(CCNCC2)C1. The Balaban J connectivity index is 1.84. The monoisotopic (exact) mass is 348 g/mol. The molecule has 2 aliphatic heterocycles. The molecule has 0 unspecified atom stereocenters. The van der Waals surface area contributed by atoms with Gasteiger partial charge < -0.3 is 5.32 Å². The molecule has 2 fully saturated rings. The number of sulfonamides is 1. The zero-order valence-electron chi connectivity index (χ0n) is 11.6. The summed E-state index contributed by atoms with van der Waals surface area (Å²) in [6.07, 6.45) is 3.02. The third kappa shape index (κ3) is 2.94. The van der Waals surface area contributed by atoms with Gasteiger partial charge in [0, 0.05) is 13.1 Å². The van der Waals surface area contributed by atoms with Crippen molar-refractivity contribution in [1.82, 2.24) is 9.62 Å². The second-order valence-corrected chi connectivity index (χ2v) is 8.67. The van der Waals surface area contributed by atoms with E-state index in [0.29, 0.717) is 18.1 Å². The maximum Gasteiger partial charge on any atom is 0.243 e. The summed E-state index contributed by atoms with van der Waals surface area (Å²) >= 11 is 11.8. The first-order chi connectivity index (χ1) is 9.93. The Kier molecular flexibility index (Phi) is 4.23. The van der Waals surface area contributed by atoms with Crippen LogP contribution in [-0.2, 0) is 10.0 Å². The number of nitrogens with zero attached hydrogens (tertiary/aromatic N) is 1. The number of hydrogen-bond acceptors (Lipinski definition) is 3. The number of piperidine rings is 1. The standard InChI is InChI=1S/C14H18Cl2N2O2S/c15-12-2-1-11(9-13(12)16)21(19,20)18-8-5-14(10-18)3-6-17-7-4-14/h1-2,9,17H,3-8,10H2. The van der Waals surface area contributed by atoms with Gasteiger partial charge in [0.05, 0.1) is 14.9 Å². The molecule has 4 nitrogen and oxygen atoms in total. The Morgan fingerprint density at radius 1 is 1.10 bits per heavy atom. The Bertz CT molecular complexity index is 642. The van der Waals surface area contributed by atoms with Crippen LogP contribution in [0.3, 0.4) is 0 Å². The number of halogens is 2. The van der Waals surface area contributed by atoms with Crippen molar-refractivity contribution in [2.24, 2.45) is 5.41 Å². The van der Waals surface area contributed by atoms with Crippen LogP contribution in [0.2, 0.25) is 10.0 Å². The third-order valence-electron chi connectivity index (χ3n) is 4.60. The molecule has 1 N–H and O–H groups in total. The molecule has 0 amide bonds. The molecule has 7 heteroatoms. The van der Waals surface area contributed by atoms with Crippen molar-refractivity contribution >= 4 is 33.2 Å². The Hall–Kier alpha value is -0.330. The molecule has 2 heterocycles. The second-order valence-electron chi connectivity index (χ2n) is 5.91. The Morgan fingerprint density at radius 2 is 1.81 bits per heavy atom. The van der Waals surface area contributed by atoms with Crippen molar-refractivity contribution in [3.8, 4) is 0 Å². The van der Waals surface area contributed by atoms with Crippen LogP contribution in [0.25, 0.3) is 0 Å². The molecular formula is C14H18Cl2N2O2S. The lowest BCUT2D eigenvalue weighted by atomic mass is 9.78. The van der Waals surface area contributed by atoms with E-state index in [2.05, 4.69) is 5.32 Å². The van der Waals surface area contributed by atoms with Gasteiger partial charge in [-0.25, -0.2) is 8.42 Å². The van der Waals surface area contributed by atoms with Gasteiger partial charge >= 0.3 is 0 Å². The molecule has 3 rings (SSSR count). The van der Waals surface area contributed by atoms with Gasteiger partial charge in [0.25, 0.3) is 0 Å². The first kappa shape index (κ1) is 15.6. The molecule has 0 saturated carbocycles. The summed E-state index contributed by atoms with van der Waals surface area (Å²) < 4.78 is 27.1. The van der Waals surface area contributed by atoms with E-state index in [1.807, 2.05) is 0 Å². The van der Waals surface area contributed by atoms with E-state index >= 15 is 0 Å². The van der Waals surface area contributed by atoms with Gasteiger partial charge in [-0.1, -0.05) is 23.2 Å². The van der Waals surface area contributed by atoms with Crippen LogP contribution in [0.1, 0.15) is 19.3 Å². The fraction of sp³-hybridized carbons (Fsp3) is 0.571. The summed E-state index contributed by atoms with van der Waals surface area (Å²) in [4.78, 5) is 0.225. The van der Waals surface area contributed by atoms with Crippen molar-refractivity contribution in [2.75, 3.05) is 26.2 Å². The highest BCUT2D eigenvalue weighted by Crippen LogP contribution is 2.40. The normalized spacial score (nSPS) is 22.8. The van der Waals surface area contributed by atoms with Gasteiger partial charge in [0.1, 0.15) is 0 Å². The molecule has 0 aliphatic carbocycles. The lowest BCUT2D eigenvalue weighted by Gasteiger charge is -2.33. The quantitative estimate of drug-likeness (QED) is 0.893. The molecule has 0 aromatic heterocycles. The summed E-state index contributed by atoms with van der Waals surface area (Å²) in [5, 5.41) is 3.97. The molecule has 21 heavy (non-hydrogen) atoms. The molecule has 0 radical (unpaired) electrons. The summed E-state index contributed by atoms with van der Waals surface area (Å²) in [5.74, 6) is 0. The van der Waals surface area contributed by atoms with Crippen molar-refractivity contribution in [2.45, 2.75) is 24.2 Å². The van der Waals surface area contributed by atoms with Crippen LogP contribution >= 0.6 is 23.2 Å². The first-order valence-electron chi connectivity index (χ1n) is 7.09. The number of rotatable bonds is 2. The molecule has 2 aliphatic rings. The number of hydrogen-bond donors (Lipinski definition) is 1. The highest BCUT2D eigenvalue weighted by atomic mass is 35.5. The van der Waals surface area contributed by atoms with E-state index in [1.54, 1.807) is 4.31 Å². The van der Waals surface area contributed by atoms with Gasteiger partial charge in [-0.2, -0.15) is 4.31 Å². The summed E-state index contributed by atoms with van der Waals surface area (Å²) in [5.41, 5.74) is 0.147. The fourth-order valence-corrected chi connectivity index (χ4v) is 5.19. The minimum absolute atomic E-state index is 0.147. The maximum absolute atomic E-state index is 12.7. The molecule has 1 aromatic carbocycles. The predicted molar refractivity (Wildman–Crippen MR) is 84.4 cm³/mol. The van der Waals surface area contributed by atoms with E-state index < -0.39 is 10.0 Å². The second kappa shape index (κ2) is 5.70. The topological polar surface area (TPSA) is 49.4 Å². The van der Waals surface area contributed by atoms with Gasteiger partial charge in [0.2, 0.25) is 10.0 Å². The molecule has 1 aromatic rings. The Morgan fingerprint density at radius 3 is 2.48 bits per heavy atom. The van der Waals surface area contributed by atoms with Gasteiger partial charge in [0.15, 0.2) is 0 Å². The van der Waals surface area contributed by atoms with Crippen LogP contribution in [0.15, 0.2) is 23.1 Å². The van der Waals surface area contributed by atoms with Crippen LogP contribution < -0.4 is 5.32 Å². The predicted octanol–water partition coefficient (Wildman–Crippen LogP) is 2.76. The molecule has 116 valence electrons. The van der Waals surface area contributed by atoms with Gasteiger partial charge in [-0.15, -0.1) is 0 Å². The van der Waals surface area contributed by atoms with Crippen LogP contribution in [0, 0.1) is 5.41 Å². The van der Waals surface area contributed by atoms with E-state index in [0.717, 1.165) is 32.4 Å². The molecule has 0 bridgehead atoms.